The number of hydrogen-bond donors (Lipinski definition) is 2. The van der Waals surface area contributed by atoms with E-state index < -0.39 is 17.7 Å². The summed E-state index contributed by atoms with van der Waals surface area (Å²) in [5.74, 6) is -0.719. The Hall–Kier alpha value is -1.53. The van der Waals surface area contributed by atoms with Gasteiger partial charge in [-0.3, -0.25) is 4.79 Å². The van der Waals surface area contributed by atoms with Crippen LogP contribution in [0.5, 0.6) is 0 Å². The van der Waals surface area contributed by atoms with E-state index in [0.29, 0.717) is 6.54 Å². The highest BCUT2D eigenvalue weighted by Gasteiger charge is 2.34. The van der Waals surface area contributed by atoms with Gasteiger partial charge < -0.3 is 10.6 Å². The lowest BCUT2D eigenvalue weighted by atomic mass is 9.92. The van der Waals surface area contributed by atoms with E-state index in [1.807, 2.05) is 6.08 Å². The number of carbonyl (C=O) groups is 1. The van der Waals surface area contributed by atoms with Crippen molar-refractivity contribution in [1.29, 1.82) is 0 Å². The topological polar surface area (TPSA) is 41.1 Å². The lowest BCUT2D eigenvalue weighted by Gasteiger charge is -2.19. The molecule has 0 fully saturated rings. The van der Waals surface area contributed by atoms with Gasteiger partial charge in [-0.1, -0.05) is 36.8 Å². The zero-order chi connectivity index (χ0) is 16.9. The van der Waals surface area contributed by atoms with Crippen molar-refractivity contribution in [3.05, 3.63) is 47.0 Å². The molecule has 0 saturated heterocycles. The summed E-state index contributed by atoms with van der Waals surface area (Å²) >= 11 is 0. The molecule has 0 saturated carbocycles. The maximum absolute atomic E-state index is 13.0. The fraction of sp³-hybridized carbons (Fsp3) is 0.471. The molecule has 0 spiro atoms. The van der Waals surface area contributed by atoms with Crippen LogP contribution in [0.1, 0.15) is 36.8 Å². The Kier molecular flexibility index (Phi) is 7.76. The first-order chi connectivity index (χ1) is 10.9. The van der Waals surface area contributed by atoms with Gasteiger partial charge in [-0.2, -0.15) is 13.2 Å². The Morgan fingerprint density at radius 1 is 1.33 bits per heavy atom. The lowest BCUT2D eigenvalue weighted by molar-refractivity contribution is -0.138. The molecule has 2 rings (SSSR count). The van der Waals surface area contributed by atoms with Crippen LogP contribution in [0.15, 0.2) is 35.9 Å². The van der Waals surface area contributed by atoms with Crippen LogP contribution < -0.4 is 10.6 Å². The van der Waals surface area contributed by atoms with Gasteiger partial charge in [-0.05, 0) is 30.5 Å². The molecule has 24 heavy (non-hydrogen) atoms. The molecule has 2 N–H and O–H groups in total. The van der Waals surface area contributed by atoms with E-state index >= 15 is 0 Å². The number of amides is 1. The number of benzene rings is 1. The van der Waals surface area contributed by atoms with E-state index in [0.717, 1.165) is 31.1 Å². The normalized spacial score (nSPS) is 15.9. The highest BCUT2D eigenvalue weighted by molar-refractivity contribution is 5.85. The van der Waals surface area contributed by atoms with Gasteiger partial charge in [-0.15, -0.1) is 12.4 Å². The average Bonchev–Trinajstić information content (AvgIpc) is 2.53. The van der Waals surface area contributed by atoms with Gasteiger partial charge in [-0.25, -0.2) is 0 Å². The minimum atomic E-state index is -4.40. The molecular weight excluding hydrogens is 341 g/mol. The standard InChI is InChI=1S/C17H21F3N2O.ClH/c1-12(14-4-2-3-5-15(14)17(18,19)20)10-16(23)22-11-13-6-8-21-9-7-13;/h2-6,12,21H,7-11H2,1H3,(H,22,23);1H. The third-order valence-corrected chi connectivity index (χ3v) is 3.96. The number of hydrogen-bond acceptors (Lipinski definition) is 2. The predicted octanol–water partition coefficient (Wildman–Crippen LogP) is 3.66. The Morgan fingerprint density at radius 2 is 2.04 bits per heavy atom. The van der Waals surface area contributed by atoms with Gasteiger partial charge >= 0.3 is 6.18 Å². The first-order valence-corrected chi connectivity index (χ1v) is 7.69. The van der Waals surface area contributed by atoms with Gasteiger partial charge in [0, 0.05) is 19.5 Å². The fourth-order valence-electron chi connectivity index (χ4n) is 2.69. The van der Waals surface area contributed by atoms with Crippen LogP contribution in [-0.4, -0.2) is 25.5 Å². The van der Waals surface area contributed by atoms with Crippen molar-refractivity contribution in [1.82, 2.24) is 10.6 Å². The molecule has 0 aromatic heterocycles. The van der Waals surface area contributed by atoms with E-state index in [4.69, 9.17) is 0 Å². The molecule has 1 aliphatic rings. The zero-order valence-corrected chi connectivity index (χ0v) is 14.3. The molecule has 1 aliphatic heterocycles. The van der Waals surface area contributed by atoms with Gasteiger partial charge in [0.1, 0.15) is 0 Å². The van der Waals surface area contributed by atoms with Crippen LogP contribution in [0.2, 0.25) is 0 Å². The molecule has 3 nitrogen and oxygen atoms in total. The maximum Gasteiger partial charge on any atom is 0.416 e. The number of nitrogens with one attached hydrogen (secondary N) is 2. The van der Waals surface area contributed by atoms with Crippen molar-refractivity contribution in [3.63, 3.8) is 0 Å². The van der Waals surface area contributed by atoms with Gasteiger partial charge in [0.25, 0.3) is 0 Å². The van der Waals surface area contributed by atoms with Crippen molar-refractivity contribution in [2.45, 2.75) is 31.9 Å². The minimum Gasteiger partial charge on any atom is -0.352 e. The predicted molar refractivity (Wildman–Crippen MR) is 90.3 cm³/mol. The molecule has 1 atom stereocenters. The molecule has 1 unspecified atom stereocenters. The highest BCUT2D eigenvalue weighted by Crippen LogP contribution is 2.35. The lowest BCUT2D eigenvalue weighted by Crippen LogP contribution is -2.30. The highest BCUT2D eigenvalue weighted by atomic mass is 35.5. The summed E-state index contributed by atoms with van der Waals surface area (Å²) in [4.78, 5) is 12.0. The minimum absolute atomic E-state index is 0. The third-order valence-electron chi connectivity index (χ3n) is 3.96. The SMILES string of the molecule is CC(CC(=O)NCC1=CCNCC1)c1ccccc1C(F)(F)F.Cl. The Balaban J connectivity index is 0.00000288. The largest absolute Gasteiger partial charge is 0.416 e. The molecular formula is C17H22ClF3N2O. The maximum atomic E-state index is 13.0. The fourth-order valence-corrected chi connectivity index (χ4v) is 2.69. The van der Waals surface area contributed by atoms with Crippen LogP contribution in [-0.2, 0) is 11.0 Å². The van der Waals surface area contributed by atoms with E-state index in [1.54, 1.807) is 13.0 Å². The zero-order valence-electron chi connectivity index (χ0n) is 13.5. The summed E-state index contributed by atoms with van der Waals surface area (Å²) < 4.78 is 39.1. The molecule has 1 aromatic carbocycles. The Bertz CT molecular complexity index is 587. The Labute approximate surface area is 146 Å². The second-order valence-electron chi connectivity index (χ2n) is 5.78. The summed E-state index contributed by atoms with van der Waals surface area (Å²) in [6.45, 7) is 3.79. The van der Waals surface area contributed by atoms with Crippen LogP contribution in [0.4, 0.5) is 13.2 Å². The van der Waals surface area contributed by atoms with Crippen LogP contribution in [0, 0.1) is 0 Å². The molecule has 1 amide bonds. The molecule has 134 valence electrons. The summed E-state index contributed by atoms with van der Waals surface area (Å²) in [7, 11) is 0. The van der Waals surface area contributed by atoms with Crippen LogP contribution in [0.3, 0.4) is 0 Å². The molecule has 7 heteroatoms. The van der Waals surface area contributed by atoms with Crippen LogP contribution in [0.25, 0.3) is 0 Å². The molecule has 1 heterocycles. The first-order valence-electron chi connectivity index (χ1n) is 7.69. The first kappa shape index (κ1) is 20.5. The van der Waals surface area contributed by atoms with E-state index in [-0.39, 0.29) is 30.3 Å². The van der Waals surface area contributed by atoms with Crippen molar-refractivity contribution < 1.29 is 18.0 Å². The van der Waals surface area contributed by atoms with Crippen molar-refractivity contribution in [2.24, 2.45) is 0 Å². The van der Waals surface area contributed by atoms with Gasteiger partial charge in [0.2, 0.25) is 5.91 Å². The van der Waals surface area contributed by atoms with Crippen molar-refractivity contribution in [2.75, 3.05) is 19.6 Å². The second kappa shape index (κ2) is 9.08. The van der Waals surface area contributed by atoms with Crippen LogP contribution >= 0.6 is 12.4 Å². The summed E-state index contributed by atoms with van der Waals surface area (Å²) in [5, 5.41) is 5.98. The van der Waals surface area contributed by atoms with Gasteiger partial charge in [0.15, 0.2) is 0 Å². The van der Waals surface area contributed by atoms with E-state index in [2.05, 4.69) is 10.6 Å². The molecule has 1 aromatic rings. The third kappa shape index (κ3) is 5.83. The number of halogens is 4. The van der Waals surface area contributed by atoms with Gasteiger partial charge in [0.05, 0.1) is 5.56 Å². The smallest absolute Gasteiger partial charge is 0.352 e. The number of alkyl halides is 3. The number of carbonyl (C=O) groups excluding carboxylic acids is 1. The van der Waals surface area contributed by atoms with E-state index in [1.165, 1.54) is 12.1 Å². The Morgan fingerprint density at radius 3 is 2.67 bits per heavy atom. The summed E-state index contributed by atoms with van der Waals surface area (Å²) in [6.07, 6.45) is -1.45. The quantitative estimate of drug-likeness (QED) is 0.785. The average molecular weight is 363 g/mol. The van der Waals surface area contributed by atoms with Crippen molar-refractivity contribution >= 4 is 18.3 Å². The summed E-state index contributed by atoms with van der Waals surface area (Å²) in [5.41, 5.74) is 0.651. The molecule has 0 bridgehead atoms. The molecule has 0 radical (unpaired) electrons. The van der Waals surface area contributed by atoms with Crippen molar-refractivity contribution in [3.8, 4) is 0 Å². The number of rotatable bonds is 5. The summed E-state index contributed by atoms with van der Waals surface area (Å²) in [6, 6.07) is 5.43. The monoisotopic (exact) mass is 362 g/mol. The van der Waals surface area contributed by atoms with E-state index in [9.17, 15) is 18.0 Å². The second-order valence-corrected chi connectivity index (χ2v) is 5.78. The molecule has 0 aliphatic carbocycles.